The summed E-state index contributed by atoms with van der Waals surface area (Å²) in [5, 5.41) is 6.16. The highest BCUT2D eigenvalue weighted by Crippen LogP contribution is 1.56. The summed E-state index contributed by atoms with van der Waals surface area (Å²) in [6, 6.07) is 0. The lowest BCUT2D eigenvalue weighted by Crippen LogP contribution is -2.28. The summed E-state index contributed by atoms with van der Waals surface area (Å²) in [5.41, 5.74) is 7.69. The highest BCUT2D eigenvalue weighted by molar-refractivity contribution is 5.31. The third-order valence-corrected chi connectivity index (χ3v) is 0.859. The van der Waals surface area contributed by atoms with Gasteiger partial charge >= 0.3 is 0 Å². The summed E-state index contributed by atoms with van der Waals surface area (Å²) in [6.45, 7) is 2.78. The van der Waals surface area contributed by atoms with Crippen molar-refractivity contribution in [3.63, 3.8) is 0 Å². The van der Waals surface area contributed by atoms with Gasteiger partial charge in [-0.25, -0.2) is 4.79 Å². The highest BCUT2D eigenvalue weighted by Gasteiger charge is 1.81. The molecule has 0 aromatic rings. The molecule has 0 aromatic carbocycles. The van der Waals surface area contributed by atoms with Crippen molar-refractivity contribution in [2.45, 2.75) is 0 Å². The maximum absolute atomic E-state index is 9.50. The van der Waals surface area contributed by atoms with E-state index < -0.39 is 0 Å². The molecule has 0 saturated heterocycles. The van der Waals surface area contributed by atoms with Gasteiger partial charge in [0.15, 0.2) is 0 Å². The van der Waals surface area contributed by atoms with Crippen LogP contribution < -0.4 is 16.5 Å². The predicted octanol–water partition coefficient (Wildman–Crippen LogP) is -1.62. The third-order valence-electron chi connectivity index (χ3n) is 0.859. The average Bonchev–Trinajstić information content (AvgIpc) is 1.97. The van der Waals surface area contributed by atoms with Crippen molar-refractivity contribution in [3.05, 3.63) is 0 Å². The first-order chi connectivity index (χ1) is 4.91. The van der Waals surface area contributed by atoms with E-state index in [1.54, 1.807) is 0 Å². The van der Waals surface area contributed by atoms with E-state index in [0.717, 1.165) is 13.1 Å². The minimum atomic E-state index is 0.620. The highest BCUT2D eigenvalue weighted by atomic mass is 16.1. The molecule has 58 valence electrons. The molecule has 0 spiro atoms. The normalized spacial score (nSPS) is 8.50. The van der Waals surface area contributed by atoms with E-state index >= 15 is 0 Å². The number of isocyanates is 1. The van der Waals surface area contributed by atoms with Gasteiger partial charge < -0.3 is 11.1 Å². The lowest BCUT2D eigenvalue weighted by Gasteiger charge is -1.99. The van der Waals surface area contributed by atoms with Crippen LogP contribution in [0.4, 0.5) is 0 Å². The fraction of sp³-hybridized carbons (Fsp3) is 0.800. The van der Waals surface area contributed by atoms with Gasteiger partial charge in [-0.05, 0) is 0 Å². The first-order valence-corrected chi connectivity index (χ1v) is 3.12. The number of nitrogens with zero attached hydrogens (tertiary/aromatic N) is 1. The number of nitrogens with one attached hydrogen (secondary N) is 2. The molecule has 5 nitrogen and oxygen atoms in total. The first kappa shape index (κ1) is 9.10. The van der Waals surface area contributed by atoms with Crippen LogP contribution >= 0.6 is 0 Å². The van der Waals surface area contributed by atoms with E-state index in [1.807, 2.05) is 0 Å². The minimum absolute atomic E-state index is 0.620. The van der Waals surface area contributed by atoms with Crippen molar-refractivity contribution < 1.29 is 4.79 Å². The van der Waals surface area contributed by atoms with Crippen molar-refractivity contribution in [2.24, 2.45) is 10.8 Å². The van der Waals surface area contributed by atoms with E-state index in [2.05, 4.69) is 15.8 Å². The molecule has 0 radical (unpaired) electrons. The van der Waals surface area contributed by atoms with Gasteiger partial charge in [-0.15, -0.1) is 0 Å². The van der Waals surface area contributed by atoms with Crippen LogP contribution in [0.25, 0.3) is 0 Å². The number of hydrogen-bond acceptors (Lipinski definition) is 5. The zero-order chi connectivity index (χ0) is 7.66. The van der Waals surface area contributed by atoms with E-state index in [0.29, 0.717) is 13.1 Å². The Morgan fingerprint density at radius 1 is 1.40 bits per heavy atom. The zero-order valence-corrected chi connectivity index (χ0v) is 5.76. The SMILES string of the molecule is NCCNCCNN=C=O. The second-order valence-corrected chi connectivity index (χ2v) is 1.65. The molecule has 10 heavy (non-hydrogen) atoms. The monoisotopic (exact) mass is 144 g/mol. The lowest BCUT2D eigenvalue weighted by atomic mass is 10.6. The van der Waals surface area contributed by atoms with Gasteiger partial charge in [0.1, 0.15) is 0 Å². The lowest BCUT2D eigenvalue weighted by molar-refractivity contribution is 0.554. The third kappa shape index (κ3) is 7.10. The molecule has 0 heterocycles. The Kier molecular flexibility index (Phi) is 7.37. The summed E-state index contributed by atoms with van der Waals surface area (Å²) in [7, 11) is 0. The quantitative estimate of drug-likeness (QED) is 0.181. The van der Waals surface area contributed by atoms with Crippen LogP contribution in [0, 0.1) is 0 Å². The zero-order valence-electron chi connectivity index (χ0n) is 5.76. The molecule has 0 rings (SSSR count). The molecule has 0 aliphatic rings. The number of carbonyl (C=O) groups excluding carboxylic acids is 1. The minimum Gasteiger partial charge on any atom is -0.329 e. The van der Waals surface area contributed by atoms with Crippen LogP contribution in [0.2, 0.25) is 0 Å². The molecule has 0 saturated carbocycles. The Labute approximate surface area is 59.7 Å². The molecule has 0 aliphatic carbocycles. The number of rotatable bonds is 6. The fourth-order valence-electron chi connectivity index (χ4n) is 0.460. The number of hydrazone groups is 1. The second-order valence-electron chi connectivity index (χ2n) is 1.65. The van der Waals surface area contributed by atoms with Gasteiger partial charge in [-0.3, -0.25) is 5.43 Å². The molecule has 0 unspecified atom stereocenters. The van der Waals surface area contributed by atoms with Crippen LogP contribution in [-0.2, 0) is 4.79 Å². The van der Waals surface area contributed by atoms with Crippen LogP contribution in [0.15, 0.2) is 5.10 Å². The topological polar surface area (TPSA) is 79.5 Å². The maximum Gasteiger partial charge on any atom is 0.258 e. The predicted molar refractivity (Wildman–Crippen MR) is 38.0 cm³/mol. The summed E-state index contributed by atoms with van der Waals surface area (Å²) in [5.74, 6) is 0. The maximum atomic E-state index is 9.50. The molecule has 0 atom stereocenters. The van der Waals surface area contributed by atoms with Gasteiger partial charge in [0.05, 0.1) is 0 Å². The standard InChI is InChI=1S/C5H12N4O/c6-1-2-7-3-4-8-9-5-10/h7-8H,1-4,6H2. The summed E-state index contributed by atoms with van der Waals surface area (Å²) in [4.78, 5) is 9.50. The van der Waals surface area contributed by atoms with Crippen molar-refractivity contribution in [3.8, 4) is 0 Å². The van der Waals surface area contributed by atoms with Crippen LogP contribution in [-0.4, -0.2) is 32.3 Å². The molecular weight excluding hydrogens is 132 g/mol. The number of hydrogen-bond donors (Lipinski definition) is 3. The second kappa shape index (κ2) is 8.10. The van der Waals surface area contributed by atoms with Gasteiger partial charge in [0, 0.05) is 26.2 Å². The van der Waals surface area contributed by atoms with Crippen molar-refractivity contribution >= 4 is 6.08 Å². The first-order valence-electron chi connectivity index (χ1n) is 3.12. The summed E-state index contributed by atoms with van der Waals surface area (Å²) < 4.78 is 0. The van der Waals surface area contributed by atoms with E-state index in [-0.39, 0.29) is 0 Å². The van der Waals surface area contributed by atoms with Gasteiger partial charge in [0.25, 0.3) is 6.08 Å². The number of nitrogens with two attached hydrogens (primary N) is 1. The summed E-state index contributed by atoms with van der Waals surface area (Å²) in [6.07, 6.45) is 1.37. The molecule has 0 aromatic heterocycles. The molecule has 0 bridgehead atoms. The Bertz CT molecular complexity index is 110. The van der Waals surface area contributed by atoms with E-state index in [1.165, 1.54) is 6.08 Å². The van der Waals surface area contributed by atoms with Gasteiger partial charge in [-0.1, -0.05) is 5.10 Å². The average molecular weight is 144 g/mol. The van der Waals surface area contributed by atoms with Crippen molar-refractivity contribution in [1.82, 2.24) is 10.7 Å². The molecule has 0 fully saturated rings. The van der Waals surface area contributed by atoms with Crippen LogP contribution in [0.1, 0.15) is 0 Å². The van der Waals surface area contributed by atoms with Crippen LogP contribution in [0.3, 0.4) is 0 Å². The fourth-order valence-corrected chi connectivity index (χ4v) is 0.460. The molecule has 0 aliphatic heterocycles. The Morgan fingerprint density at radius 2 is 2.20 bits per heavy atom. The van der Waals surface area contributed by atoms with Crippen molar-refractivity contribution in [2.75, 3.05) is 26.2 Å². The van der Waals surface area contributed by atoms with E-state index in [4.69, 9.17) is 5.73 Å². The molecule has 0 amide bonds. The Hall–Kier alpha value is -0.900. The van der Waals surface area contributed by atoms with Crippen LogP contribution in [0.5, 0.6) is 0 Å². The smallest absolute Gasteiger partial charge is 0.258 e. The summed E-state index contributed by atoms with van der Waals surface area (Å²) >= 11 is 0. The molecule has 5 heteroatoms. The molecule has 4 N–H and O–H groups in total. The Morgan fingerprint density at radius 3 is 2.80 bits per heavy atom. The van der Waals surface area contributed by atoms with Gasteiger partial charge in [0.2, 0.25) is 0 Å². The van der Waals surface area contributed by atoms with E-state index in [9.17, 15) is 4.79 Å². The molecular formula is C5H12N4O. The largest absolute Gasteiger partial charge is 0.329 e. The Balaban J connectivity index is 2.83. The van der Waals surface area contributed by atoms with Crippen molar-refractivity contribution in [1.29, 1.82) is 0 Å². The van der Waals surface area contributed by atoms with Gasteiger partial charge in [-0.2, -0.15) is 0 Å².